The third-order valence-electron chi connectivity index (χ3n) is 4.64. The van der Waals surface area contributed by atoms with Gasteiger partial charge >= 0.3 is 0 Å². The number of anilines is 1. The van der Waals surface area contributed by atoms with Gasteiger partial charge in [-0.2, -0.15) is 5.10 Å². The SMILES string of the molecule is CC(=O)Nc1ccc(C(=O)N(C)Cc2c(C)nn(-c3ccccc3)c2C)cc1. The molecule has 1 N–H and O–H groups in total. The summed E-state index contributed by atoms with van der Waals surface area (Å²) in [6.07, 6.45) is 0. The van der Waals surface area contributed by atoms with Gasteiger partial charge in [-0.05, 0) is 50.2 Å². The van der Waals surface area contributed by atoms with E-state index in [1.807, 2.05) is 48.9 Å². The van der Waals surface area contributed by atoms with Crippen LogP contribution >= 0.6 is 0 Å². The summed E-state index contributed by atoms with van der Waals surface area (Å²) in [5.74, 6) is -0.224. The van der Waals surface area contributed by atoms with Crippen LogP contribution in [0.2, 0.25) is 0 Å². The molecule has 0 saturated carbocycles. The second-order valence-electron chi connectivity index (χ2n) is 6.82. The van der Waals surface area contributed by atoms with E-state index in [0.717, 1.165) is 22.6 Å². The molecule has 2 aromatic carbocycles. The lowest BCUT2D eigenvalue weighted by molar-refractivity contribution is -0.114. The van der Waals surface area contributed by atoms with E-state index in [1.165, 1.54) is 6.92 Å². The molecule has 144 valence electrons. The molecule has 1 heterocycles. The molecular weight excluding hydrogens is 352 g/mol. The Morgan fingerprint density at radius 3 is 2.29 bits per heavy atom. The Bertz CT molecular complexity index is 991. The van der Waals surface area contributed by atoms with Crippen molar-refractivity contribution in [2.24, 2.45) is 0 Å². The van der Waals surface area contributed by atoms with E-state index < -0.39 is 0 Å². The van der Waals surface area contributed by atoms with Crippen molar-refractivity contribution in [3.05, 3.63) is 77.1 Å². The number of nitrogens with zero attached hydrogens (tertiary/aromatic N) is 3. The van der Waals surface area contributed by atoms with Gasteiger partial charge in [0, 0.05) is 43.0 Å². The number of hydrogen-bond acceptors (Lipinski definition) is 3. The van der Waals surface area contributed by atoms with Gasteiger partial charge in [-0.1, -0.05) is 18.2 Å². The van der Waals surface area contributed by atoms with Crippen LogP contribution in [0.5, 0.6) is 0 Å². The molecular formula is C22H24N4O2. The molecule has 3 aromatic rings. The Morgan fingerprint density at radius 1 is 1.04 bits per heavy atom. The van der Waals surface area contributed by atoms with Gasteiger partial charge in [-0.25, -0.2) is 4.68 Å². The zero-order valence-corrected chi connectivity index (χ0v) is 16.6. The van der Waals surface area contributed by atoms with Crippen LogP contribution < -0.4 is 5.32 Å². The lowest BCUT2D eigenvalue weighted by Gasteiger charge is -2.18. The van der Waals surface area contributed by atoms with E-state index in [9.17, 15) is 9.59 Å². The van der Waals surface area contributed by atoms with E-state index in [-0.39, 0.29) is 11.8 Å². The first-order chi connectivity index (χ1) is 13.4. The number of benzene rings is 2. The van der Waals surface area contributed by atoms with Gasteiger partial charge in [0.2, 0.25) is 5.91 Å². The second kappa shape index (κ2) is 8.08. The Kier molecular flexibility index (Phi) is 5.59. The maximum atomic E-state index is 12.8. The Hall–Kier alpha value is -3.41. The Balaban J connectivity index is 1.77. The number of para-hydroxylation sites is 1. The van der Waals surface area contributed by atoms with Gasteiger partial charge in [-0.15, -0.1) is 0 Å². The summed E-state index contributed by atoms with van der Waals surface area (Å²) < 4.78 is 1.91. The van der Waals surface area contributed by atoms with E-state index in [1.54, 1.807) is 36.2 Å². The number of carbonyl (C=O) groups is 2. The third kappa shape index (κ3) is 4.11. The highest BCUT2D eigenvalue weighted by molar-refractivity contribution is 5.95. The summed E-state index contributed by atoms with van der Waals surface area (Å²) >= 11 is 0. The number of hydrogen-bond donors (Lipinski definition) is 1. The number of nitrogens with one attached hydrogen (secondary N) is 1. The van der Waals surface area contributed by atoms with Crippen LogP contribution in [0.3, 0.4) is 0 Å². The maximum Gasteiger partial charge on any atom is 0.253 e. The van der Waals surface area contributed by atoms with Crippen LogP contribution in [0, 0.1) is 13.8 Å². The van der Waals surface area contributed by atoms with Crippen molar-refractivity contribution in [2.45, 2.75) is 27.3 Å². The Morgan fingerprint density at radius 2 is 1.68 bits per heavy atom. The second-order valence-corrected chi connectivity index (χ2v) is 6.82. The van der Waals surface area contributed by atoms with Crippen LogP contribution in [0.4, 0.5) is 5.69 Å². The van der Waals surface area contributed by atoms with Crippen molar-refractivity contribution in [1.82, 2.24) is 14.7 Å². The average Bonchev–Trinajstić information content (AvgIpc) is 2.96. The molecule has 28 heavy (non-hydrogen) atoms. The summed E-state index contributed by atoms with van der Waals surface area (Å²) in [5, 5.41) is 7.34. The molecule has 0 bridgehead atoms. The zero-order chi connectivity index (χ0) is 20.3. The number of amides is 2. The van der Waals surface area contributed by atoms with Crippen LogP contribution in [0.25, 0.3) is 5.69 Å². The molecule has 0 spiro atoms. The fraction of sp³-hybridized carbons (Fsp3) is 0.227. The van der Waals surface area contributed by atoms with Crippen LogP contribution in [0.1, 0.15) is 34.2 Å². The molecule has 2 amide bonds. The first-order valence-corrected chi connectivity index (χ1v) is 9.10. The fourth-order valence-electron chi connectivity index (χ4n) is 3.15. The van der Waals surface area contributed by atoms with E-state index >= 15 is 0 Å². The quantitative estimate of drug-likeness (QED) is 0.738. The molecule has 0 fully saturated rings. The van der Waals surface area contributed by atoms with E-state index in [4.69, 9.17) is 0 Å². The van der Waals surface area contributed by atoms with Crippen molar-refractivity contribution in [3.63, 3.8) is 0 Å². The standard InChI is InChI=1S/C22H24N4O2/c1-15-21(16(2)26(24-15)20-8-6-5-7-9-20)14-25(4)22(28)18-10-12-19(13-11-18)23-17(3)27/h5-13H,14H2,1-4H3,(H,23,27). The summed E-state index contributed by atoms with van der Waals surface area (Å²) in [6.45, 7) is 5.90. The summed E-state index contributed by atoms with van der Waals surface area (Å²) in [6, 6.07) is 16.8. The van der Waals surface area contributed by atoms with Crippen molar-refractivity contribution in [3.8, 4) is 5.69 Å². The molecule has 0 radical (unpaired) electrons. The molecule has 0 atom stereocenters. The van der Waals surface area contributed by atoms with Gasteiger partial charge in [0.15, 0.2) is 0 Å². The minimum absolute atomic E-state index is 0.0827. The van der Waals surface area contributed by atoms with Gasteiger partial charge in [-0.3, -0.25) is 9.59 Å². The maximum absolute atomic E-state index is 12.8. The molecule has 3 rings (SSSR count). The van der Waals surface area contributed by atoms with Gasteiger partial charge in [0.25, 0.3) is 5.91 Å². The van der Waals surface area contributed by atoms with Gasteiger partial charge in [0.1, 0.15) is 0 Å². The van der Waals surface area contributed by atoms with Crippen molar-refractivity contribution >= 4 is 17.5 Å². The van der Waals surface area contributed by atoms with Crippen molar-refractivity contribution < 1.29 is 9.59 Å². The summed E-state index contributed by atoms with van der Waals surface area (Å²) in [7, 11) is 1.78. The Labute approximate surface area is 164 Å². The highest BCUT2D eigenvalue weighted by Crippen LogP contribution is 2.20. The predicted octanol–water partition coefficient (Wildman–Crippen LogP) is 3.72. The van der Waals surface area contributed by atoms with Gasteiger partial charge < -0.3 is 10.2 Å². The molecule has 0 aliphatic rings. The van der Waals surface area contributed by atoms with E-state index in [2.05, 4.69) is 10.4 Å². The fourth-order valence-corrected chi connectivity index (χ4v) is 3.15. The largest absolute Gasteiger partial charge is 0.337 e. The van der Waals surface area contributed by atoms with E-state index in [0.29, 0.717) is 17.8 Å². The van der Waals surface area contributed by atoms with Crippen LogP contribution in [-0.2, 0) is 11.3 Å². The molecule has 0 saturated heterocycles. The minimum Gasteiger partial charge on any atom is -0.337 e. The van der Waals surface area contributed by atoms with Gasteiger partial charge in [0.05, 0.1) is 11.4 Å². The lowest BCUT2D eigenvalue weighted by atomic mass is 10.1. The average molecular weight is 376 g/mol. The van der Waals surface area contributed by atoms with Crippen molar-refractivity contribution in [1.29, 1.82) is 0 Å². The highest BCUT2D eigenvalue weighted by Gasteiger charge is 2.18. The number of rotatable bonds is 5. The third-order valence-corrected chi connectivity index (χ3v) is 4.64. The first-order valence-electron chi connectivity index (χ1n) is 9.10. The molecule has 6 nitrogen and oxygen atoms in total. The highest BCUT2D eigenvalue weighted by atomic mass is 16.2. The van der Waals surface area contributed by atoms with Crippen molar-refractivity contribution in [2.75, 3.05) is 12.4 Å². The monoisotopic (exact) mass is 376 g/mol. The molecule has 1 aromatic heterocycles. The minimum atomic E-state index is -0.141. The van der Waals surface area contributed by atoms with Crippen LogP contribution in [0.15, 0.2) is 54.6 Å². The lowest BCUT2D eigenvalue weighted by Crippen LogP contribution is -2.26. The summed E-state index contributed by atoms with van der Waals surface area (Å²) in [4.78, 5) is 25.6. The normalized spacial score (nSPS) is 10.6. The summed E-state index contributed by atoms with van der Waals surface area (Å²) in [5.41, 5.74) is 5.20. The molecule has 0 aliphatic carbocycles. The number of carbonyl (C=O) groups excluding carboxylic acids is 2. The molecule has 0 aliphatic heterocycles. The zero-order valence-electron chi connectivity index (χ0n) is 16.6. The topological polar surface area (TPSA) is 67.2 Å². The predicted molar refractivity (Wildman–Crippen MR) is 110 cm³/mol. The number of aryl methyl sites for hydroxylation is 1. The first kappa shape index (κ1) is 19.4. The molecule has 6 heteroatoms. The van der Waals surface area contributed by atoms with Crippen LogP contribution in [-0.4, -0.2) is 33.5 Å². The number of aromatic nitrogens is 2. The smallest absolute Gasteiger partial charge is 0.253 e. The molecule has 0 unspecified atom stereocenters.